The van der Waals surface area contributed by atoms with Gasteiger partial charge in [0.2, 0.25) is 0 Å². The van der Waals surface area contributed by atoms with Crippen molar-refractivity contribution in [1.29, 1.82) is 0 Å². The van der Waals surface area contributed by atoms with Crippen molar-refractivity contribution >= 4 is 27.3 Å². The molecule has 2 aromatic carbocycles. The molecule has 0 aliphatic carbocycles. The summed E-state index contributed by atoms with van der Waals surface area (Å²) in [5, 5.41) is 0. The Bertz CT molecular complexity index is 522. The molecule has 0 saturated heterocycles. The molecule has 0 aliphatic heterocycles. The third kappa shape index (κ3) is 2.67. The quantitative estimate of drug-likeness (QED) is 0.778. The average molecular weight is 294 g/mol. The van der Waals surface area contributed by atoms with Crippen LogP contribution in [0.5, 0.6) is 0 Å². The molecule has 17 heavy (non-hydrogen) atoms. The molecule has 3 heteroatoms. The predicted octanol–water partition coefficient (Wildman–Crippen LogP) is 4.66. The molecule has 0 saturated carbocycles. The van der Waals surface area contributed by atoms with Crippen LogP contribution in [0.1, 0.15) is 5.56 Å². The van der Waals surface area contributed by atoms with Crippen LogP contribution in [0.15, 0.2) is 46.9 Å². The van der Waals surface area contributed by atoms with E-state index in [4.69, 9.17) is 0 Å². The molecule has 0 amide bonds. The van der Waals surface area contributed by atoms with Gasteiger partial charge in [0, 0.05) is 18.4 Å². The molecule has 0 aliphatic rings. The van der Waals surface area contributed by atoms with E-state index in [0.717, 1.165) is 11.4 Å². The van der Waals surface area contributed by atoms with Crippen molar-refractivity contribution in [2.45, 2.75) is 6.92 Å². The van der Waals surface area contributed by atoms with Crippen LogP contribution < -0.4 is 4.90 Å². The van der Waals surface area contributed by atoms with Gasteiger partial charge in [-0.1, -0.05) is 17.7 Å². The molecule has 0 bridgehead atoms. The number of anilines is 2. The van der Waals surface area contributed by atoms with Crippen LogP contribution >= 0.6 is 15.9 Å². The number of nitrogens with zero attached hydrogens (tertiary/aromatic N) is 1. The third-order valence-corrected chi connectivity index (χ3v) is 3.35. The number of rotatable bonds is 2. The molecule has 0 radical (unpaired) electrons. The standard InChI is InChI=1S/C14H13BrFN/c1-10-3-5-11(6-4-10)17(2)12-7-8-13(15)14(16)9-12/h3-9H,1-2H3. The fourth-order valence-electron chi connectivity index (χ4n) is 1.61. The lowest BCUT2D eigenvalue weighted by atomic mass is 10.2. The van der Waals surface area contributed by atoms with Crippen LogP contribution in [-0.4, -0.2) is 7.05 Å². The zero-order chi connectivity index (χ0) is 12.4. The first kappa shape index (κ1) is 12.1. The van der Waals surface area contributed by atoms with Crippen molar-refractivity contribution in [3.05, 3.63) is 58.3 Å². The maximum atomic E-state index is 13.4. The summed E-state index contributed by atoms with van der Waals surface area (Å²) >= 11 is 3.15. The Morgan fingerprint density at radius 1 is 1.00 bits per heavy atom. The topological polar surface area (TPSA) is 3.24 Å². The normalized spacial score (nSPS) is 10.4. The van der Waals surface area contributed by atoms with E-state index in [9.17, 15) is 4.39 Å². The molecule has 0 unspecified atom stereocenters. The lowest BCUT2D eigenvalue weighted by Crippen LogP contribution is -2.09. The Kier molecular flexibility index (Phi) is 3.48. The van der Waals surface area contributed by atoms with Gasteiger partial charge >= 0.3 is 0 Å². The SMILES string of the molecule is Cc1ccc(N(C)c2ccc(Br)c(F)c2)cc1. The molecule has 0 heterocycles. The highest BCUT2D eigenvalue weighted by molar-refractivity contribution is 9.10. The largest absolute Gasteiger partial charge is 0.345 e. The first-order valence-corrected chi connectivity index (χ1v) is 6.12. The average Bonchev–Trinajstić information content (AvgIpc) is 2.33. The monoisotopic (exact) mass is 293 g/mol. The summed E-state index contributed by atoms with van der Waals surface area (Å²) in [6.07, 6.45) is 0. The minimum absolute atomic E-state index is 0.249. The van der Waals surface area contributed by atoms with Gasteiger partial charge in [0.1, 0.15) is 5.82 Å². The number of halogens is 2. The number of hydrogen-bond acceptors (Lipinski definition) is 1. The Balaban J connectivity index is 2.33. The molecule has 0 aromatic heterocycles. The summed E-state index contributed by atoms with van der Waals surface area (Å²) in [7, 11) is 1.92. The van der Waals surface area contributed by atoms with Gasteiger partial charge in [-0.2, -0.15) is 0 Å². The second kappa shape index (κ2) is 4.88. The fraction of sp³-hybridized carbons (Fsp3) is 0.143. The minimum atomic E-state index is -0.249. The fourth-order valence-corrected chi connectivity index (χ4v) is 1.86. The predicted molar refractivity (Wildman–Crippen MR) is 73.3 cm³/mol. The van der Waals surface area contributed by atoms with Crippen LogP contribution in [0, 0.1) is 12.7 Å². The van der Waals surface area contributed by atoms with Gasteiger partial charge < -0.3 is 4.90 Å². The molecular formula is C14H13BrFN. The molecule has 0 fully saturated rings. The number of hydrogen-bond donors (Lipinski definition) is 0. The van der Waals surface area contributed by atoms with Crippen LogP contribution in [-0.2, 0) is 0 Å². The summed E-state index contributed by atoms with van der Waals surface area (Å²) in [6, 6.07) is 13.2. The van der Waals surface area contributed by atoms with Gasteiger partial charge in [-0.3, -0.25) is 0 Å². The Morgan fingerprint density at radius 3 is 2.18 bits per heavy atom. The van der Waals surface area contributed by atoms with E-state index in [0.29, 0.717) is 4.47 Å². The van der Waals surface area contributed by atoms with Crippen molar-refractivity contribution in [3.63, 3.8) is 0 Å². The maximum absolute atomic E-state index is 13.4. The van der Waals surface area contributed by atoms with Crippen molar-refractivity contribution in [2.24, 2.45) is 0 Å². The van der Waals surface area contributed by atoms with Gasteiger partial charge in [-0.25, -0.2) is 4.39 Å². The van der Waals surface area contributed by atoms with Crippen LogP contribution in [0.25, 0.3) is 0 Å². The highest BCUT2D eigenvalue weighted by Gasteiger charge is 2.06. The van der Waals surface area contributed by atoms with Crippen molar-refractivity contribution < 1.29 is 4.39 Å². The molecule has 0 spiro atoms. The number of aryl methyl sites for hydroxylation is 1. The second-order valence-corrected chi connectivity index (χ2v) is 4.85. The summed E-state index contributed by atoms with van der Waals surface area (Å²) in [6.45, 7) is 2.04. The molecule has 0 N–H and O–H groups in total. The van der Waals surface area contributed by atoms with E-state index in [1.54, 1.807) is 6.07 Å². The van der Waals surface area contributed by atoms with Crippen molar-refractivity contribution in [1.82, 2.24) is 0 Å². The van der Waals surface area contributed by atoms with E-state index in [1.165, 1.54) is 11.6 Å². The Labute approximate surface area is 109 Å². The van der Waals surface area contributed by atoms with Gasteiger partial charge in [0.25, 0.3) is 0 Å². The highest BCUT2D eigenvalue weighted by atomic mass is 79.9. The zero-order valence-electron chi connectivity index (χ0n) is 9.74. The van der Waals surface area contributed by atoms with E-state index in [2.05, 4.69) is 15.9 Å². The molecule has 2 aromatic rings. The van der Waals surface area contributed by atoms with Crippen molar-refractivity contribution in [2.75, 3.05) is 11.9 Å². The Morgan fingerprint density at radius 2 is 1.59 bits per heavy atom. The van der Waals surface area contributed by atoms with Gasteiger partial charge in [-0.05, 0) is 53.2 Å². The molecule has 88 valence electrons. The molecule has 2 rings (SSSR count). The highest BCUT2D eigenvalue weighted by Crippen LogP contribution is 2.27. The van der Waals surface area contributed by atoms with E-state index < -0.39 is 0 Å². The smallest absolute Gasteiger partial charge is 0.139 e. The van der Waals surface area contributed by atoms with E-state index in [-0.39, 0.29) is 5.82 Å². The first-order chi connectivity index (χ1) is 8.08. The summed E-state index contributed by atoms with van der Waals surface area (Å²) in [5.74, 6) is -0.249. The second-order valence-electron chi connectivity index (χ2n) is 3.99. The molecule has 1 nitrogen and oxygen atoms in total. The van der Waals surface area contributed by atoms with Crippen LogP contribution in [0.3, 0.4) is 0 Å². The first-order valence-electron chi connectivity index (χ1n) is 5.33. The molecule has 0 atom stereocenters. The maximum Gasteiger partial charge on any atom is 0.139 e. The van der Waals surface area contributed by atoms with Gasteiger partial charge in [-0.15, -0.1) is 0 Å². The lowest BCUT2D eigenvalue weighted by molar-refractivity contribution is 0.621. The lowest BCUT2D eigenvalue weighted by Gasteiger charge is -2.19. The zero-order valence-corrected chi connectivity index (χ0v) is 11.3. The van der Waals surface area contributed by atoms with Crippen molar-refractivity contribution in [3.8, 4) is 0 Å². The van der Waals surface area contributed by atoms with Gasteiger partial charge in [0.15, 0.2) is 0 Å². The van der Waals surface area contributed by atoms with Crippen LogP contribution in [0.4, 0.5) is 15.8 Å². The minimum Gasteiger partial charge on any atom is -0.345 e. The third-order valence-electron chi connectivity index (χ3n) is 2.71. The Hall–Kier alpha value is -1.35. The summed E-state index contributed by atoms with van der Waals surface area (Å²) in [4.78, 5) is 1.95. The van der Waals surface area contributed by atoms with Gasteiger partial charge in [0.05, 0.1) is 4.47 Å². The molecular weight excluding hydrogens is 281 g/mol. The number of benzene rings is 2. The van der Waals surface area contributed by atoms with E-state index >= 15 is 0 Å². The van der Waals surface area contributed by atoms with Crippen LogP contribution in [0.2, 0.25) is 0 Å². The summed E-state index contributed by atoms with van der Waals surface area (Å²) < 4.78 is 13.9. The van der Waals surface area contributed by atoms with E-state index in [1.807, 2.05) is 49.2 Å². The summed E-state index contributed by atoms with van der Waals surface area (Å²) in [5.41, 5.74) is 3.08.